The zero-order chi connectivity index (χ0) is 21.0. The number of carbonyl (C=O) groups is 1. The Morgan fingerprint density at radius 3 is 2.79 bits per heavy atom. The van der Waals surface area contributed by atoms with Gasteiger partial charge in [-0.3, -0.25) is 4.79 Å². The highest BCUT2D eigenvalue weighted by atomic mass is 32.1. The predicted octanol–water partition coefficient (Wildman–Crippen LogP) is 3.87. The van der Waals surface area contributed by atoms with Crippen LogP contribution in [0.3, 0.4) is 0 Å². The molecule has 148 valence electrons. The van der Waals surface area contributed by atoms with Crippen LogP contribution in [0, 0.1) is 11.3 Å². The molecule has 3 heterocycles. The van der Waals surface area contributed by atoms with Crippen molar-refractivity contribution in [3.63, 3.8) is 0 Å². The second-order valence-corrected chi connectivity index (χ2v) is 6.98. The highest BCUT2D eigenvalue weighted by molar-refractivity contribution is 7.10. The number of nitrogens with zero attached hydrogens (tertiary/aromatic N) is 5. The number of thiazole rings is 1. The Morgan fingerprint density at radius 2 is 2.10 bits per heavy atom. The Hall–Kier alpha value is -3.52. The van der Waals surface area contributed by atoms with Crippen molar-refractivity contribution < 1.29 is 13.6 Å². The van der Waals surface area contributed by atoms with E-state index >= 15 is 0 Å². The minimum absolute atomic E-state index is 0.144. The van der Waals surface area contributed by atoms with E-state index < -0.39 is 11.7 Å². The van der Waals surface area contributed by atoms with Crippen LogP contribution in [0.25, 0.3) is 11.3 Å². The van der Waals surface area contributed by atoms with Gasteiger partial charge >= 0.3 is 5.92 Å². The van der Waals surface area contributed by atoms with Gasteiger partial charge in [-0.2, -0.15) is 14.0 Å². The summed E-state index contributed by atoms with van der Waals surface area (Å²) in [7, 11) is 0. The van der Waals surface area contributed by atoms with Gasteiger partial charge in [-0.05, 0) is 6.07 Å². The van der Waals surface area contributed by atoms with Crippen molar-refractivity contribution in [2.75, 3.05) is 10.6 Å². The second-order valence-electron chi connectivity index (χ2n) is 6.04. The summed E-state index contributed by atoms with van der Waals surface area (Å²) in [6.07, 6.45) is 2.90. The van der Waals surface area contributed by atoms with Crippen LogP contribution < -0.4 is 10.6 Å². The summed E-state index contributed by atoms with van der Waals surface area (Å²) in [4.78, 5) is 27.4. The summed E-state index contributed by atoms with van der Waals surface area (Å²) in [5.41, 5.74) is 1.56. The standard InChI is InChI=1S/C18H15F2N7OS/c1-10(28)24-15-7-12(25-14-4-6-22-17(27-14)18(2,19)20)11(8-23-15)13-9-29-16(26-13)3-5-21/h4,6-9H,3H2,1-2H3,(H2,22,23,24,25,27,28). The second kappa shape index (κ2) is 8.24. The Labute approximate surface area is 168 Å². The summed E-state index contributed by atoms with van der Waals surface area (Å²) >= 11 is 1.32. The van der Waals surface area contributed by atoms with Crippen molar-refractivity contribution in [3.05, 3.63) is 40.7 Å². The number of anilines is 3. The number of halogens is 2. The molecule has 0 spiro atoms. The minimum atomic E-state index is -3.19. The van der Waals surface area contributed by atoms with Gasteiger partial charge in [-0.25, -0.2) is 19.9 Å². The fourth-order valence-corrected chi connectivity index (χ4v) is 3.10. The maximum atomic E-state index is 13.6. The fraction of sp³-hybridized carbons (Fsp3) is 0.222. The summed E-state index contributed by atoms with van der Waals surface area (Å²) < 4.78 is 27.1. The largest absolute Gasteiger partial charge is 0.339 e. The Morgan fingerprint density at radius 1 is 1.31 bits per heavy atom. The quantitative estimate of drug-likeness (QED) is 0.627. The molecular formula is C18H15F2N7OS. The SMILES string of the molecule is CC(=O)Nc1cc(Nc2ccnc(C(C)(F)F)n2)c(-c2csc(CC#N)n2)cn1. The van der Waals surface area contributed by atoms with Crippen molar-refractivity contribution in [2.45, 2.75) is 26.2 Å². The van der Waals surface area contributed by atoms with Crippen molar-refractivity contribution in [2.24, 2.45) is 0 Å². The highest BCUT2D eigenvalue weighted by Gasteiger charge is 2.28. The van der Waals surface area contributed by atoms with Crippen molar-refractivity contribution in [1.82, 2.24) is 19.9 Å². The molecule has 2 N–H and O–H groups in total. The van der Waals surface area contributed by atoms with Gasteiger partial charge < -0.3 is 10.6 Å². The monoisotopic (exact) mass is 415 g/mol. The fourth-order valence-electron chi connectivity index (χ4n) is 2.37. The lowest BCUT2D eigenvalue weighted by atomic mass is 10.2. The Bertz CT molecular complexity index is 1090. The summed E-state index contributed by atoms with van der Waals surface area (Å²) in [5.74, 6) is -3.71. The van der Waals surface area contributed by atoms with Crippen molar-refractivity contribution in [1.29, 1.82) is 5.26 Å². The zero-order valence-electron chi connectivity index (χ0n) is 15.4. The highest BCUT2D eigenvalue weighted by Crippen LogP contribution is 2.32. The molecule has 0 bridgehead atoms. The number of pyridine rings is 1. The Balaban J connectivity index is 2.02. The molecule has 1 amide bonds. The number of amides is 1. The van der Waals surface area contributed by atoms with Gasteiger partial charge in [0.2, 0.25) is 11.7 Å². The van der Waals surface area contributed by atoms with Crippen LogP contribution in [0.5, 0.6) is 0 Å². The predicted molar refractivity (Wildman–Crippen MR) is 104 cm³/mol. The van der Waals surface area contributed by atoms with Gasteiger partial charge in [0.05, 0.1) is 23.9 Å². The molecule has 0 aliphatic carbocycles. The average molecular weight is 415 g/mol. The van der Waals surface area contributed by atoms with Crippen LogP contribution in [0.2, 0.25) is 0 Å². The molecule has 3 rings (SSSR count). The zero-order valence-corrected chi connectivity index (χ0v) is 16.2. The summed E-state index contributed by atoms with van der Waals surface area (Å²) in [6, 6.07) is 5.03. The lowest BCUT2D eigenvalue weighted by Crippen LogP contribution is -2.13. The molecule has 0 unspecified atom stereocenters. The smallest absolute Gasteiger partial charge is 0.303 e. The first-order valence-corrected chi connectivity index (χ1v) is 9.22. The number of rotatable bonds is 6. The van der Waals surface area contributed by atoms with Gasteiger partial charge in [0.1, 0.15) is 16.6 Å². The lowest BCUT2D eigenvalue weighted by molar-refractivity contribution is -0.114. The molecule has 0 saturated carbocycles. The molecule has 0 aromatic carbocycles. The first kappa shape index (κ1) is 20.2. The molecule has 11 heteroatoms. The third-order valence-corrected chi connectivity index (χ3v) is 4.43. The first-order valence-electron chi connectivity index (χ1n) is 8.34. The topological polar surface area (TPSA) is 116 Å². The third kappa shape index (κ3) is 5.05. The number of nitriles is 1. The molecule has 0 saturated heterocycles. The van der Waals surface area contributed by atoms with Crippen LogP contribution in [0.1, 0.15) is 24.7 Å². The third-order valence-electron chi connectivity index (χ3n) is 3.58. The summed E-state index contributed by atoms with van der Waals surface area (Å²) in [6.45, 7) is 2.06. The van der Waals surface area contributed by atoms with Crippen LogP contribution in [-0.4, -0.2) is 25.8 Å². The Kier molecular flexibility index (Phi) is 5.74. The number of hydrogen-bond acceptors (Lipinski definition) is 8. The van der Waals surface area contributed by atoms with Crippen molar-refractivity contribution >= 4 is 34.6 Å². The number of carbonyl (C=O) groups excluding carboxylic acids is 1. The van der Waals surface area contributed by atoms with Crippen LogP contribution in [0.15, 0.2) is 29.9 Å². The van der Waals surface area contributed by atoms with Gasteiger partial charge in [-0.1, -0.05) is 0 Å². The van der Waals surface area contributed by atoms with Crippen molar-refractivity contribution in [3.8, 4) is 17.3 Å². The van der Waals surface area contributed by atoms with Crippen LogP contribution in [0.4, 0.5) is 26.1 Å². The van der Waals surface area contributed by atoms with Gasteiger partial charge in [0.15, 0.2) is 0 Å². The molecule has 0 radical (unpaired) electrons. The molecule has 0 aliphatic rings. The molecule has 0 atom stereocenters. The number of nitrogens with one attached hydrogen (secondary N) is 2. The average Bonchev–Trinajstić information content (AvgIpc) is 3.10. The maximum absolute atomic E-state index is 13.6. The number of aromatic nitrogens is 4. The minimum Gasteiger partial charge on any atom is -0.339 e. The molecule has 3 aromatic rings. The van der Waals surface area contributed by atoms with E-state index in [9.17, 15) is 13.6 Å². The maximum Gasteiger partial charge on any atom is 0.303 e. The molecule has 0 aliphatic heterocycles. The molecule has 3 aromatic heterocycles. The normalized spacial score (nSPS) is 11.0. The van der Waals surface area contributed by atoms with E-state index in [0.29, 0.717) is 28.9 Å². The first-order chi connectivity index (χ1) is 13.8. The van der Waals surface area contributed by atoms with E-state index in [-0.39, 0.29) is 24.0 Å². The lowest BCUT2D eigenvalue weighted by Gasteiger charge is -2.14. The summed E-state index contributed by atoms with van der Waals surface area (Å²) in [5, 5.41) is 16.8. The van der Waals surface area contributed by atoms with E-state index in [1.54, 1.807) is 11.4 Å². The van der Waals surface area contributed by atoms with E-state index in [1.807, 2.05) is 6.07 Å². The number of alkyl halides is 2. The van der Waals surface area contributed by atoms with E-state index in [0.717, 1.165) is 0 Å². The molecule has 8 nitrogen and oxygen atoms in total. The van der Waals surface area contributed by atoms with E-state index in [2.05, 4.69) is 30.6 Å². The molecule has 29 heavy (non-hydrogen) atoms. The van der Waals surface area contributed by atoms with Crippen LogP contribution >= 0.6 is 11.3 Å². The molecule has 0 fully saturated rings. The van der Waals surface area contributed by atoms with Gasteiger partial charge in [-0.15, -0.1) is 11.3 Å². The van der Waals surface area contributed by atoms with E-state index in [1.165, 1.54) is 36.7 Å². The molecular weight excluding hydrogens is 400 g/mol. The van der Waals surface area contributed by atoms with Gasteiger partial charge in [0, 0.05) is 43.3 Å². The van der Waals surface area contributed by atoms with Crippen LogP contribution in [-0.2, 0) is 17.1 Å². The number of hydrogen-bond donors (Lipinski definition) is 2. The van der Waals surface area contributed by atoms with Gasteiger partial charge in [0.25, 0.3) is 0 Å². The van der Waals surface area contributed by atoms with E-state index in [4.69, 9.17) is 5.26 Å².